The fraction of sp³-hybridized carbons (Fsp3) is 0.429. The van der Waals surface area contributed by atoms with E-state index in [1.807, 2.05) is 12.1 Å². The summed E-state index contributed by atoms with van der Waals surface area (Å²) in [5.41, 5.74) is 7.95. The molecule has 0 bridgehead atoms. The van der Waals surface area contributed by atoms with Crippen molar-refractivity contribution in [3.05, 3.63) is 18.2 Å². The van der Waals surface area contributed by atoms with Gasteiger partial charge in [0.2, 0.25) is 5.91 Å². The van der Waals surface area contributed by atoms with E-state index in [0.29, 0.717) is 11.7 Å². The maximum atomic E-state index is 11.0. The van der Waals surface area contributed by atoms with Crippen molar-refractivity contribution in [1.29, 1.82) is 0 Å². The molecule has 106 valence electrons. The molecule has 2 heterocycles. The highest BCUT2D eigenvalue weighted by Crippen LogP contribution is 2.25. The number of rotatable bonds is 2. The number of carbonyl (C=O) groups excluding carboxylic acids is 1. The molecule has 0 aliphatic carbocycles. The standard InChI is InChI=1S/C14H18N4O2/c1-9(19)16-11-4-6-18(7-5-11)14-17-12-8-10(15)2-3-13(12)20-14/h2-3,8,11H,4-7,15H2,1H3,(H,16,19). The molecule has 1 aromatic heterocycles. The number of amides is 1. The van der Waals surface area contributed by atoms with Crippen LogP contribution in [-0.2, 0) is 4.79 Å². The first-order valence-electron chi connectivity index (χ1n) is 6.80. The highest BCUT2D eigenvalue weighted by molar-refractivity contribution is 5.78. The zero-order valence-electron chi connectivity index (χ0n) is 11.4. The second kappa shape index (κ2) is 5.03. The van der Waals surface area contributed by atoms with E-state index in [1.54, 1.807) is 13.0 Å². The highest BCUT2D eigenvalue weighted by Gasteiger charge is 2.23. The Morgan fingerprint density at radius 2 is 2.20 bits per heavy atom. The first-order chi connectivity index (χ1) is 9.61. The second-order valence-corrected chi connectivity index (χ2v) is 5.19. The molecular weight excluding hydrogens is 256 g/mol. The molecule has 1 fully saturated rings. The Bertz CT molecular complexity index is 629. The number of aromatic nitrogens is 1. The Balaban J connectivity index is 1.71. The molecule has 1 saturated heterocycles. The maximum Gasteiger partial charge on any atom is 0.298 e. The summed E-state index contributed by atoms with van der Waals surface area (Å²) in [6.45, 7) is 3.21. The van der Waals surface area contributed by atoms with Crippen LogP contribution < -0.4 is 16.0 Å². The van der Waals surface area contributed by atoms with Crippen molar-refractivity contribution in [3.63, 3.8) is 0 Å². The van der Waals surface area contributed by atoms with Gasteiger partial charge in [0, 0.05) is 31.7 Å². The molecule has 1 aliphatic heterocycles. The van der Waals surface area contributed by atoms with Gasteiger partial charge in [0.05, 0.1) is 0 Å². The molecule has 0 spiro atoms. The normalized spacial score (nSPS) is 16.6. The van der Waals surface area contributed by atoms with Crippen LogP contribution in [0.15, 0.2) is 22.6 Å². The predicted octanol–water partition coefficient (Wildman–Crippen LogP) is 1.51. The van der Waals surface area contributed by atoms with Crippen LogP contribution in [0.2, 0.25) is 0 Å². The first-order valence-corrected chi connectivity index (χ1v) is 6.80. The lowest BCUT2D eigenvalue weighted by atomic mass is 10.1. The van der Waals surface area contributed by atoms with Crippen LogP contribution in [-0.4, -0.2) is 30.0 Å². The summed E-state index contributed by atoms with van der Waals surface area (Å²) in [6, 6.07) is 6.34. The van der Waals surface area contributed by atoms with Gasteiger partial charge < -0.3 is 20.4 Å². The predicted molar refractivity (Wildman–Crippen MR) is 77.5 cm³/mol. The molecule has 3 rings (SSSR count). The number of nitrogens with two attached hydrogens (primary N) is 1. The van der Waals surface area contributed by atoms with Crippen LogP contribution >= 0.6 is 0 Å². The molecule has 1 aliphatic rings. The van der Waals surface area contributed by atoms with Crippen molar-refractivity contribution < 1.29 is 9.21 Å². The topological polar surface area (TPSA) is 84.4 Å². The molecule has 3 N–H and O–H groups in total. The Morgan fingerprint density at radius 3 is 2.90 bits per heavy atom. The lowest BCUT2D eigenvalue weighted by Crippen LogP contribution is -2.44. The Kier molecular flexibility index (Phi) is 3.22. The van der Waals surface area contributed by atoms with Gasteiger partial charge in [0.15, 0.2) is 5.58 Å². The molecule has 0 radical (unpaired) electrons. The van der Waals surface area contributed by atoms with E-state index < -0.39 is 0 Å². The van der Waals surface area contributed by atoms with E-state index in [9.17, 15) is 4.79 Å². The number of benzene rings is 1. The monoisotopic (exact) mass is 274 g/mol. The third-order valence-corrected chi connectivity index (χ3v) is 3.57. The van der Waals surface area contributed by atoms with E-state index in [4.69, 9.17) is 10.2 Å². The van der Waals surface area contributed by atoms with Crippen molar-refractivity contribution in [2.45, 2.75) is 25.8 Å². The number of nitrogen functional groups attached to an aromatic ring is 1. The number of carbonyl (C=O) groups is 1. The van der Waals surface area contributed by atoms with Crippen LogP contribution in [0, 0.1) is 0 Å². The second-order valence-electron chi connectivity index (χ2n) is 5.19. The fourth-order valence-electron chi connectivity index (χ4n) is 2.57. The van der Waals surface area contributed by atoms with Gasteiger partial charge in [-0.2, -0.15) is 4.98 Å². The molecule has 0 unspecified atom stereocenters. The molecule has 6 nitrogen and oxygen atoms in total. The summed E-state index contributed by atoms with van der Waals surface area (Å²) in [6.07, 6.45) is 1.81. The summed E-state index contributed by atoms with van der Waals surface area (Å²) in [5, 5.41) is 2.95. The number of nitrogens with one attached hydrogen (secondary N) is 1. The van der Waals surface area contributed by atoms with Gasteiger partial charge in [-0.25, -0.2) is 0 Å². The number of anilines is 2. The quantitative estimate of drug-likeness (QED) is 0.811. The number of hydrogen-bond donors (Lipinski definition) is 2. The van der Waals surface area contributed by atoms with Crippen molar-refractivity contribution in [2.24, 2.45) is 0 Å². The van der Waals surface area contributed by atoms with Crippen molar-refractivity contribution >= 4 is 28.7 Å². The summed E-state index contributed by atoms with van der Waals surface area (Å²) in [4.78, 5) is 17.6. The van der Waals surface area contributed by atoms with E-state index in [1.165, 1.54) is 0 Å². The summed E-state index contributed by atoms with van der Waals surface area (Å²) < 4.78 is 5.75. The lowest BCUT2D eigenvalue weighted by molar-refractivity contribution is -0.119. The molecule has 1 aromatic carbocycles. The SMILES string of the molecule is CC(=O)NC1CCN(c2nc3cc(N)ccc3o2)CC1. The van der Waals surface area contributed by atoms with Crippen LogP contribution in [0.25, 0.3) is 11.1 Å². The Hall–Kier alpha value is -2.24. The van der Waals surface area contributed by atoms with Gasteiger partial charge in [0.25, 0.3) is 6.01 Å². The number of hydrogen-bond acceptors (Lipinski definition) is 5. The number of piperidine rings is 1. The van der Waals surface area contributed by atoms with Crippen molar-refractivity contribution in [2.75, 3.05) is 23.7 Å². The average molecular weight is 274 g/mol. The minimum absolute atomic E-state index is 0.0285. The molecule has 6 heteroatoms. The zero-order valence-corrected chi connectivity index (χ0v) is 11.4. The largest absolute Gasteiger partial charge is 0.423 e. The average Bonchev–Trinajstić information content (AvgIpc) is 2.81. The minimum Gasteiger partial charge on any atom is -0.423 e. The number of nitrogens with zero attached hydrogens (tertiary/aromatic N) is 2. The van der Waals surface area contributed by atoms with Gasteiger partial charge in [-0.15, -0.1) is 0 Å². The summed E-state index contributed by atoms with van der Waals surface area (Å²) >= 11 is 0. The van der Waals surface area contributed by atoms with Crippen molar-refractivity contribution in [3.8, 4) is 0 Å². The molecular formula is C14H18N4O2. The maximum absolute atomic E-state index is 11.0. The van der Waals surface area contributed by atoms with E-state index in [2.05, 4.69) is 15.2 Å². The molecule has 0 atom stereocenters. The van der Waals surface area contributed by atoms with Crippen LogP contribution in [0.1, 0.15) is 19.8 Å². The Labute approximate surface area is 116 Å². The third-order valence-electron chi connectivity index (χ3n) is 3.57. The molecule has 2 aromatic rings. The first kappa shape index (κ1) is 12.8. The summed E-state index contributed by atoms with van der Waals surface area (Å²) in [7, 11) is 0. The van der Waals surface area contributed by atoms with Crippen molar-refractivity contribution in [1.82, 2.24) is 10.3 Å². The summed E-state index contributed by atoms with van der Waals surface area (Å²) in [5.74, 6) is 0.0285. The van der Waals surface area contributed by atoms with Crippen LogP contribution in [0.3, 0.4) is 0 Å². The van der Waals surface area contributed by atoms with Gasteiger partial charge in [-0.05, 0) is 31.0 Å². The minimum atomic E-state index is 0.0285. The van der Waals surface area contributed by atoms with Gasteiger partial charge in [-0.1, -0.05) is 0 Å². The van der Waals surface area contributed by atoms with Gasteiger partial charge in [0.1, 0.15) is 5.52 Å². The highest BCUT2D eigenvalue weighted by atomic mass is 16.4. The third kappa shape index (κ3) is 2.54. The number of fused-ring (bicyclic) bond motifs is 1. The smallest absolute Gasteiger partial charge is 0.298 e. The van der Waals surface area contributed by atoms with Gasteiger partial charge >= 0.3 is 0 Å². The molecule has 0 saturated carbocycles. The van der Waals surface area contributed by atoms with E-state index in [0.717, 1.165) is 37.0 Å². The number of oxazole rings is 1. The zero-order chi connectivity index (χ0) is 14.1. The van der Waals surface area contributed by atoms with Gasteiger partial charge in [-0.3, -0.25) is 4.79 Å². The molecule has 20 heavy (non-hydrogen) atoms. The van der Waals surface area contributed by atoms with Crippen LogP contribution in [0.4, 0.5) is 11.7 Å². The van der Waals surface area contributed by atoms with E-state index >= 15 is 0 Å². The van der Waals surface area contributed by atoms with E-state index in [-0.39, 0.29) is 11.9 Å². The molecule has 1 amide bonds. The fourth-order valence-corrected chi connectivity index (χ4v) is 2.57. The lowest BCUT2D eigenvalue weighted by Gasteiger charge is -2.30. The van der Waals surface area contributed by atoms with Crippen LogP contribution in [0.5, 0.6) is 0 Å². The Morgan fingerprint density at radius 1 is 1.45 bits per heavy atom.